The molecule has 6 N–H and O–H groups in total. The number of aliphatic hydroxyl groups is 4. The van der Waals surface area contributed by atoms with Crippen LogP contribution in [0.3, 0.4) is 0 Å². The first kappa shape index (κ1) is 29.1. The van der Waals surface area contributed by atoms with Crippen LogP contribution in [-0.4, -0.2) is 107 Å². The first-order chi connectivity index (χ1) is 20.6. The Balaban J connectivity index is 1.30. The zero-order chi connectivity index (χ0) is 30.4. The predicted molar refractivity (Wildman–Crippen MR) is 159 cm³/mol. The lowest BCUT2D eigenvalue weighted by molar-refractivity contribution is -0.277. The van der Waals surface area contributed by atoms with Crippen LogP contribution >= 0.6 is 0 Å². The molecule has 6 rings (SSSR count). The van der Waals surface area contributed by atoms with Crippen LogP contribution in [0.15, 0.2) is 54.6 Å². The van der Waals surface area contributed by atoms with Crippen molar-refractivity contribution in [3.63, 3.8) is 0 Å². The number of carbonyl (C=O) groups is 2. The maximum absolute atomic E-state index is 13.8. The van der Waals surface area contributed by atoms with Crippen LogP contribution in [0.4, 0.5) is 11.4 Å². The molecule has 12 nitrogen and oxygen atoms in total. The zero-order valence-electron chi connectivity index (χ0n) is 23.7. The van der Waals surface area contributed by atoms with Crippen molar-refractivity contribution in [3.05, 3.63) is 65.9 Å². The van der Waals surface area contributed by atoms with Gasteiger partial charge < -0.3 is 50.0 Å². The van der Waals surface area contributed by atoms with Gasteiger partial charge in [0, 0.05) is 34.6 Å². The van der Waals surface area contributed by atoms with Crippen LogP contribution in [-0.2, 0) is 16.0 Å². The molecule has 3 aromatic carbocycles. The van der Waals surface area contributed by atoms with E-state index in [1.807, 2.05) is 50.5 Å². The number of fused-ring (bicyclic) bond motifs is 4. The summed E-state index contributed by atoms with van der Waals surface area (Å²) in [6.07, 6.45) is -6.55. The number of rotatable bonds is 7. The molecule has 0 bridgehead atoms. The van der Waals surface area contributed by atoms with Crippen molar-refractivity contribution in [3.8, 4) is 5.75 Å². The van der Waals surface area contributed by atoms with Gasteiger partial charge in [0.2, 0.25) is 12.2 Å². The third-order valence-corrected chi connectivity index (χ3v) is 7.90. The van der Waals surface area contributed by atoms with Gasteiger partial charge in [0.05, 0.1) is 18.8 Å². The van der Waals surface area contributed by atoms with E-state index >= 15 is 0 Å². The number of nitrogens with zero attached hydrogens (tertiary/aromatic N) is 2. The highest BCUT2D eigenvalue weighted by Crippen LogP contribution is 2.41. The Labute approximate surface area is 247 Å². The minimum absolute atomic E-state index is 0.140. The van der Waals surface area contributed by atoms with Gasteiger partial charge in [-0.05, 0) is 55.7 Å². The second-order valence-corrected chi connectivity index (χ2v) is 11.2. The lowest BCUT2D eigenvalue weighted by Gasteiger charge is -2.39. The number of hydrogen-bond donors (Lipinski definition) is 6. The molecule has 12 heteroatoms. The number of nitrogens with one attached hydrogen (secondary N) is 2. The summed E-state index contributed by atoms with van der Waals surface area (Å²) in [5.74, 6) is -0.0748. The summed E-state index contributed by atoms with van der Waals surface area (Å²) in [5.41, 5.74) is 3.36. The summed E-state index contributed by atoms with van der Waals surface area (Å²) in [6, 6.07) is 16.4. The number of aromatic amines is 1. The Hall–Kier alpha value is -4.04. The van der Waals surface area contributed by atoms with Gasteiger partial charge in [-0.15, -0.1) is 0 Å². The van der Waals surface area contributed by atoms with E-state index < -0.39 is 37.3 Å². The number of H-pyrrole nitrogens is 1. The third-order valence-electron chi connectivity index (χ3n) is 7.90. The van der Waals surface area contributed by atoms with Gasteiger partial charge in [-0.25, -0.2) is 0 Å². The Morgan fingerprint density at radius 3 is 2.56 bits per heavy atom. The van der Waals surface area contributed by atoms with Gasteiger partial charge in [0.25, 0.3) is 5.91 Å². The van der Waals surface area contributed by atoms with Crippen molar-refractivity contribution in [2.75, 3.05) is 44.0 Å². The Morgan fingerprint density at radius 2 is 1.81 bits per heavy atom. The van der Waals surface area contributed by atoms with E-state index in [-0.39, 0.29) is 18.4 Å². The number of anilines is 2. The van der Waals surface area contributed by atoms with Crippen molar-refractivity contribution < 1.29 is 39.5 Å². The largest absolute Gasteiger partial charge is 0.461 e. The third kappa shape index (κ3) is 5.44. The minimum atomic E-state index is -1.58. The lowest BCUT2D eigenvalue weighted by atomic mass is 9.99. The second-order valence-electron chi connectivity index (χ2n) is 11.2. The highest BCUT2D eigenvalue weighted by Gasteiger charge is 2.45. The molecule has 0 spiro atoms. The zero-order valence-corrected chi connectivity index (χ0v) is 23.7. The number of aromatic nitrogens is 1. The highest BCUT2D eigenvalue weighted by atomic mass is 16.7. The molecule has 4 aromatic rings. The molecule has 0 aliphatic carbocycles. The van der Waals surface area contributed by atoms with E-state index in [1.165, 1.54) is 0 Å². The van der Waals surface area contributed by atoms with E-state index in [0.29, 0.717) is 35.8 Å². The molecule has 0 radical (unpaired) electrons. The van der Waals surface area contributed by atoms with Crippen molar-refractivity contribution in [2.24, 2.45) is 0 Å². The molecule has 2 unspecified atom stereocenters. The monoisotopic (exact) mass is 590 g/mol. The number of aliphatic hydroxyl groups excluding tert-OH is 4. The summed E-state index contributed by atoms with van der Waals surface area (Å²) in [6.45, 7) is 0.107. The topological polar surface area (TPSA) is 168 Å². The molecule has 3 heterocycles. The summed E-state index contributed by atoms with van der Waals surface area (Å²) in [7, 11) is 3.63. The van der Waals surface area contributed by atoms with Crippen LogP contribution < -0.4 is 15.0 Å². The van der Waals surface area contributed by atoms with Gasteiger partial charge in [0.15, 0.2) is 0 Å². The molecule has 226 valence electrons. The Kier molecular flexibility index (Phi) is 7.81. The fourth-order valence-electron chi connectivity index (χ4n) is 5.79. The molecule has 5 atom stereocenters. The van der Waals surface area contributed by atoms with Crippen LogP contribution in [0, 0.1) is 0 Å². The van der Waals surface area contributed by atoms with Gasteiger partial charge in [0.1, 0.15) is 35.9 Å². The SMILES string of the molecule is CN(C)CC(=O)Nc1ccc2[nH]c(C(=O)N3CCc4c3cc(O[C@@H]3OC(CO)[C@H](O)[C@H](O)C3O)c3ccccc43)cc2c1. The summed E-state index contributed by atoms with van der Waals surface area (Å²) in [5, 5.41) is 45.8. The lowest BCUT2D eigenvalue weighted by Crippen LogP contribution is -2.60. The van der Waals surface area contributed by atoms with Gasteiger partial charge in [-0.2, -0.15) is 0 Å². The van der Waals surface area contributed by atoms with E-state index in [1.54, 1.807) is 28.0 Å². The normalized spacial score (nSPS) is 23.6. The minimum Gasteiger partial charge on any atom is -0.461 e. The smallest absolute Gasteiger partial charge is 0.274 e. The average Bonchev–Trinajstić information content (AvgIpc) is 3.61. The first-order valence-electron chi connectivity index (χ1n) is 14.1. The van der Waals surface area contributed by atoms with E-state index in [2.05, 4.69) is 10.3 Å². The molecule has 1 saturated heterocycles. The number of likely N-dealkylation sites (N-methyl/N-ethyl adjacent to an activating group) is 1. The molecular weight excluding hydrogens is 556 g/mol. The molecule has 2 amide bonds. The van der Waals surface area contributed by atoms with Gasteiger partial charge >= 0.3 is 0 Å². The number of amides is 2. The summed E-state index contributed by atoms with van der Waals surface area (Å²) in [4.78, 5) is 32.7. The molecule has 1 fully saturated rings. The number of ether oxygens (including phenoxy) is 2. The molecular formula is C31H34N4O8. The van der Waals surface area contributed by atoms with Crippen LogP contribution in [0.1, 0.15) is 16.1 Å². The predicted octanol–water partition coefficient (Wildman–Crippen LogP) is 1.20. The maximum atomic E-state index is 13.8. The van der Waals surface area contributed by atoms with E-state index in [4.69, 9.17) is 9.47 Å². The van der Waals surface area contributed by atoms with Crippen molar-refractivity contribution >= 4 is 44.9 Å². The van der Waals surface area contributed by atoms with Gasteiger partial charge in [-0.3, -0.25) is 9.59 Å². The molecule has 43 heavy (non-hydrogen) atoms. The fourth-order valence-corrected chi connectivity index (χ4v) is 5.79. The Bertz CT molecular complexity index is 1690. The fraction of sp³-hybridized carbons (Fsp3) is 0.355. The molecule has 1 aromatic heterocycles. The molecule has 0 saturated carbocycles. The van der Waals surface area contributed by atoms with Crippen molar-refractivity contribution in [1.82, 2.24) is 9.88 Å². The quantitative estimate of drug-likeness (QED) is 0.185. The maximum Gasteiger partial charge on any atom is 0.274 e. The second kappa shape index (κ2) is 11.6. The van der Waals surface area contributed by atoms with Crippen LogP contribution in [0.5, 0.6) is 5.75 Å². The van der Waals surface area contributed by atoms with Crippen molar-refractivity contribution in [1.29, 1.82) is 0 Å². The first-order valence-corrected chi connectivity index (χ1v) is 14.1. The summed E-state index contributed by atoms with van der Waals surface area (Å²) >= 11 is 0. The average molecular weight is 591 g/mol. The molecule has 2 aliphatic rings. The Morgan fingerprint density at radius 1 is 1.05 bits per heavy atom. The number of benzene rings is 3. The van der Waals surface area contributed by atoms with E-state index in [9.17, 15) is 30.0 Å². The van der Waals surface area contributed by atoms with Crippen LogP contribution in [0.25, 0.3) is 21.7 Å². The standard InChI is InChI=1S/C31H34N4O8/c1-34(2)14-26(37)32-17-7-8-21-16(11-17)12-22(33-21)30(41)35-10-9-19-18-5-3-4-6-20(18)24(13-23(19)35)42-31-29(40)28(39)27(38)25(15-36)43-31/h3-8,11-13,25,27-29,31,33,36,38-40H,9-10,14-15H2,1-2H3,(H,32,37)/t25?,27-,28-,29?,31+/m0/s1. The van der Waals surface area contributed by atoms with E-state index in [0.717, 1.165) is 27.2 Å². The number of hydrogen-bond acceptors (Lipinski definition) is 9. The van der Waals surface area contributed by atoms with Crippen molar-refractivity contribution in [2.45, 2.75) is 37.1 Å². The number of carbonyl (C=O) groups excluding carboxylic acids is 2. The van der Waals surface area contributed by atoms with Gasteiger partial charge in [-0.1, -0.05) is 24.3 Å². The summed E-state index contributed by atoms with van der Waals surface area (Å²) < 4.78 is 11.7. The van der Waals surface area contributed by atoms with Crippen LogP contribution in [0.2, 0.25) is 0 Å². The highest BCUT2D eigenvalue weighted by molar-refractivity contribution is 6.11. The molecule has 2 aliphatic heterocycles.